The Morgan fingerprint density at radius 2 is 2.33 bits per heavy atom. The van der Waals surface area contributed by atoms with Gasteiger partial charge in [-0.3, -0.25) is 0 Å². The summed E-state index contributed by atoms with van der Waals surface area (Å²) in [5, 5.41) is 3.42. The lowest BCUT2D eigenvalue weighted by molar-refractivity contribution is 0.289. The van der Waals surface area contributed by atoms with Gasteiger partial charge in [-0.1, -0.05) is 6.08 Å². The van der Waals surface area contributed by atoms with Crippen molar-refractivity contribution >= 4 is 0 Å². The van der Waals surface area contributed by atoms with Crippen molar-refractivity contribution in [3.8, 4) is 0 Å². The standard InChI is InChI=1S/C12H14N2O/c1-15-11-3-2-10-12-7(6-14-10)4-8(13)5-9(11)12/h2-5,7,12,14H,6,13H2,1H3. The molecule has 1 heterocycles. The van der Waals surface area contributed by atoms with Crippen LogP contribution in [0, 0.1) is 11.8 Å². The molecule has 2 atom stereocenters. The summed E-state index contributed by atoms with van der Waals surface area (Å²) in [7, 11) is 1.71. The van der Waals surface area contributed by atoms with E-state index in [1.165, 1.54) is 11.3 Å². The maximum Gasteiger partial charge on any atom is 0.122 e. The Labute approximate surface area is 89.0 Å². The fourth-order valence-corrected chi connectivity index (χ4v) is 2.65. The van der Waals surface area contributed by atoms with Crippen LogP contribution in [-0.2, 0) is 4.74 Å². The molecule has 1 saturated heterocycles. The van der Waals surface area contributed by atoms with Gasteiger partial charge in [-0.2, -0.15) is 0 Å². The van der Waals surface area contributed by atoms with E-state index in [1.54, 1.807) is 7.11 Å². The summed E-state index contributed by atoms with van der Waals surface area (Å²) in [5.41, 5.74) is 9.25. The van der Waals surface area contributed by atoms with Crippen LogP contribution in [0.1, 0.15) is 0 Å². The summed E-state index contributed by atoms with van der Waals surface area (Å²) < 4.78 is 5.37. The first-order valence-electron chi connectivity index (χ1n) is 5.18. The fraction of sp³-hybridized carbons (Fsp3) is 0.333. The minimum atomic E-state index is 0.428. The molecule has 0 saturated carbocycles. The highest BCUT2D eigenvalue weighted by atomic mass is 16.5. The Morgan fingerprint density at radius 3 is 3.13 bits per heavy atom. The first-order chi connectivity index (χ1) is 7.29. The van der Waals surface area contributed by atoms with Crippen molar-refractivity contribution in [2.24, 2.45) is 17.6 Å². The first-order valence-corrected chi connectivity index (χ1v) is 5.18. The van der Waals surface area contributed by atoms with E-state index in [0.717, 1.165) is 18.0 Å². The predicted molar refractivity (Wildman–Crippen MR) is 58.5 cm³/mol. The van der Waals surface area contributed by atoms with Gasteiger partial charge in [-0.15, -0.1) is 0 Å². The third-order valence-electron chi connectivity index (χ3n) is 3.29. The first kappa shape index (κ1) is 8.65. The minimum Gasteiger partial charge on any atom is -0.496 e. The van der Waals surface area contributed by atoms with Crippen molar-refractivity contribution in [2.75, 3.05) is 13.7 Å². The molecule has 0 aromatic rings. The van der Waals surface area contributed by atoms with Gasteiger partial charge in [-0.05, 0) is 18.2 Å². The largest absolute Gasteiger partial charge is 0.496 e. The fourth-order valence-electron chi connectivity index (χ4n) is 2.65. The molecule has 3 heteroatoms. The maximum atomic E-state index is 5.90. The molecule has 0 radical (unpaired) electrons. The highest BCUT2D eigenvalue weighted by molar-refractivity contribution is 5.50. The maximum absolute atomic E-state index is 5.90. The molecule has 1 aliphatic heterocycles. The lowest BCUT2D eigenvalue weighted by Crippen LogP contribution is -2.21. The van der Waals surface area contributed by atoms with Crippen LogP contribution in [0.4, 0.5) is 0 Å². The lowest BCUT2D eigenvalue weighted by Gasteiger charge is -2.27. The van der Waals surface area contributed by atoms with Gasteiger partial charge in [0.1, 0.15) is 5.76 Å². The van der Waals surface area contributed by atoms with Crippen LogP contribution >= 0.6 is 0 Å². The molecule has 3 aliphatic rings. The number of methoxy groups -OCH3 is 1. The molecule has 0 bridgehead atoms. The van der Waals surface area contributed by atoms with Crippen molar-refractivity contribution in [1.29, 1.82) is 0 Å². The summed E-state index contributed by atoms with van der Waals surface area (Å²) in [6.07, 6.45) is 8.28. The van der Waals surface area contributed by atoms with E-state index in [1.807, 2.05) is 12.2 Å². The SMILES string of the molecule is COC1=CC=C2NCC3C=C(N)C=C1C23. The number of hydrogen-bond acceptors (Lipinski definition) is 3. The van der Waals surface area contributed by atoms with Crippen LogP contribution in [0.3, 0.4) is 0 Å². The quantitative estimate of drug-likeness (QED) is 0.667. The van der Waals surface area contributed by atoms with Crippen LogP contribution in [0.25, 0.3) is 0 Å². The lowest BCUT2D eigenvalue weighted by atomic mass is 9.79. The van der Waals surface area contributed by atoms with Crippen LogP contribution in [0.2, 0.25) is 0 Å². The summed E-state index contributed by atoms with van der Waals surface area (Å²) in [6.45, 7) is 0.972. The van der Waals surface area contributed by atoms with Crippen LogP contribution in [0.5, 0.6) is 0 Å². The van der Waals surface area contributed by atoms with Crippen molar-refractivity contribution in [3.05, 3.63) is 47.0 Å². The predicted octanol–water partition coefficient (Wildman–Crippen LogP) is 1.03. The third kappa shape index (κ3) is 1.12. The Balaban J connectivity index is 2.12. The molecule has 1 fully saturated rings. The van der Waals surface area contributed by atoms with Gasteiger partial charge in [0.05, 0.1) is 7.11 Å². The number of nitrogens with one attached hydrogen (secondary N) is 1. The van der Waals surface area contributed by atoms with E-state index in [9.17, 15) is 0 Å². The van der Waals surface area contributed by atoms with Gasteiger partial charge < -0.3 is 15.8 Å². The molecule has 0 aromatic carbocycles. The van der Waals surface area contributed by atoms with Crippen molar-refractivity contribution in [1.82, 2.24) is 5.32 Å². The summed E-state index contributed by atoms with van der Waals surface area (Å²) in [6, 6.07) is 0. The second-order valence-corrected chi connectivity index (χ2v) is 4.15. The van der Waals surface area contributed by atoms with Gasteiger partial charge in [0.2, 0.25) is 0 Å². The average Bonchev–Trinajstić information content (AvgIpc) is 2.63. The molecule has 3 nitrogen and oxygen atoms in total. The summed E-state index contributed by atoms with van der Waals surface area (Å²) in [5.74, 6) is 1.85. The molecule has 15 heavy (non-hydrogen) atoms. The van der Waals surface area contributed by atoms with E-state index in [2.05, 4.69) is 17.5 Å². The number of hydrogen-bond donors (Lipinski definition) is 2. The van der Waals surface area contributed by atoms with Crippen molar-refractivity contribution in [3.63, 3.8) is 0 Å². The molecule has 2 unspecified atom stereocenters. The van der Waals surface area contributed by atoms with Crippen LogP contribution < -0.4 is 11.1 Å². The van der Waals surface area contributed by atoms with Crippen molar-refractivity contribution in [2.45, 2.75) is 0 Å². The molecule has 0 spiro atoms. The van der Waals surface area contributed by atoms with Gasteiger partial charge in [0.15, 0.2) is 0 Å². The number of ether oxygens (including phenoxy) is 1. The van der Waals surface area contributed by atoms with E-state index in [4.69, 9.17) is 10.5 Å². The second-order valence-electron chi connectivity index (χ2n) is 4.15. The van der Waals surface area contributed by atoms with Crippen LogP contribution in [-0.4, -0.2) is 13.7 Å². The highest BCUT2D eigenvalue weighted by Crippen LogP contribution is 2.42. The number of allylic oxidation sites excluding steroid dienone is 5. The minimum absolute atomic E-state index is 0.428. The Kier molecular flexibility index (Phi) is 1.69. The van der Waals surface area contributed by atoms with E-state index < -0.39 is 0 Å². The average molecular weight is 202 g/mol. The Bertz CT molecular complexity index is 429. The summed E-state index contributed by atoms with van der Waals surface area (Å²) >= 11 is 0. The van der Waals surface area contributed by atoms with E-state index in [0.29, 0.717) is 11.8 Å². The highest BCUT2D eigenvalue weighted by Gasteiger charge is 2.38. The molecule has 3 N–H and O–H groups in total. The van der Waals surface area contributed by atoms with Gasteiger partial charge in [0.25, 0.3) is 0 Å². The smallest absolute Gasteiger partial charge is 0.122 e. The van der Waals surface area contributed by atoms with Crippen molar-refractivity contribution < 1.29 is 4.74 Å². The molecule has 78 valence electrons. The molecular formula is C12H14N2O. The Morgan fingerprint density at radius 1 is 1.47 bits per heavy atom. The molecule has 3 rings (SSSR count). The van der Waals surface area contributed by atoms with Gasteiger partial charge in [-0.25, -0.2) is 0 Å². The monoisotopic (exact) mass is 202 g/mol. The zero-order valence-electron chi connectivity index (χ0n) is 8.66. The third-order valence-corrected chi connectivity index (χ3v) is 3.29. The van der Waals surface area contributed by atoms with E-state index in [-0.39, 0.29) is 0 Å². The number of nitrogens with two attached hydrogens (primary N) is 1. The molecule has 0 aromatic heterocycles. The molecule has 2 aliphatic carbocycles. The number of rotatable bonds is 1. The zero-order valence-corrected chi connectivity index (χ0v) is 8.66. The Hall–Kier alpha value is -1.64. The summed E-state index contributed by atoms with van der Waals surface area (Å²) in [4.78, 5) is 0. The zero-order chi connectivity index (χ0) is 10.4. The van der Waals surface area contributed by atoms with E-state index >= 15 is 0 Å². The van der Waals surface area contributed by atoms with Crippen LogP contribution in [0.15, 0.2) is 47.0 Å². The van der Waals surface area contributed by atoms with Gasteiger partial charge >= 0.3 is 0 Å². The van der Waals surface area contributed by atoms with Gasteiger partial charge in [0, 0.05) is 35.3 Å². The topological polar surface area (TPSA) is 47.3 Å². The normalized spacial score (nSPS) is 31.8. The molecular weight excluding hydrogens is 188 g/mol. The second kappa shape index (κ2) is 2.92. The molecule has 0 amide bonds.